The van der Waals surface area contributed by atoms with E-state index in [1.54, 1.807) is 0 Å². The lowest BCUT2D eigenvalue weighted by Gasteiger charge is -2.19. The van der Waals surface area contributed by atoms with Gasteiger partial charge in [-0.3, -0.25) is 0 Å². The first kappa shape index (κ1) is 12.0. The van der Waals surface area contributed by atoms with Crippen molar-refractivity contribution in [1.29, 1.82) is 0 Å². The average molecular weight is 278 g/mol. The first-order valence-corrected chi connectivity index (χ1v) is 6.23. The Morgan fingerprint density at radius 2 is 2.05 bits per heavy atom. The molecule has 0 spiro atoms. The Hall–Kier alpha value is -2.08. The number of benzene rings is 1. The molecule has 98 valence electrons. The van der Waals surface area contributed by atoms with Crippen LogP contribution >= 0.6 is 11.6 Å². The molecule has 1 aliphatic rings. The van der Waals surface area contributed by atoms with Crippen LogP contribution in [0.5, 0.6) is 5.75 Å². The number of fused-ring (bicyclic) bond motifs is 1. The monoisotopic (exact) mass is 277 g/mol. The SMILES string of the molecule is Nc1nc(Cl)nc(N2CCOc3ccccc3C2)n1. The van der Waals surface area contributed by atoms with Gasteiger partial charge in [0.1, 0.15) is 12.4 Å². The summed E-state index contributed by atoms with van der Waals surface area (Å²) in [5.41, 5.74) is 6.67. The first-order valence-electron chi connectivity index (χ1n) is 5.85. The summed E-state index contributed by atoms with van der Waals surface area (Å²) in [5.74, 6) is 1.48. The smallest absolute Gasteiger partial charge is 0.231 e. The molecular weight excluding hydrogens is 266 g/mol. The summed E-state index contributed by atoms with van der Waals surface area (Å²) in [6, 6.07) is 7.89. The van der Waals surface area contributed by atoms with Crippen molar-refractivity contribution in [2.45, 2.75) is 6.54 Å². The molecule has 0 amide bonds. The summed E-state index contributed by atoms with van der Waals surface area (Å²) in [5, 5.41) is 0.0981. The lowest BCUT2D eigenvalue weighted by atomic mass is 10.2. The molecule has 7 heteroatoms. The van der Waals surface area contributed by atoms with Gasteiger partial charge in [-0.25, -0.2) is 0 Å². The lowest BCUT2D eigenvalue weighted by Crippen LogP contribution is -2.27. The number of para-hydroxylation sites is 1. The maximum Gasteiger partial charge on any atom is 0.231 e. The molecule has 1 aromatic heterocycles. The van der Waals surface area contributed by atoms with Crippen molar-refractivity contribution in [1.82, 2.24) is 15.0 Å². The highest BCUT2D eigenvalue weighted by atomic mass is 35.5. The molecule has 0 atom stereocenters. The molecule has 19 heavy (non-hydrogen) atoms. The van der Waals surface area contributed by atoms with Crippen molar-refractivity contribution in [2.24, 2.45) is 0 Å². The summed E-state index contributed by atoms with van der Waals surface area (Å²) in [6.45, 7) is 1.87. The largest absolute Gasteiger partial charge is 0.491 e. The van der Waals surface area contributed by atoms with E-state index in [-0.39, 0.29) is 11.2 Å². The highest BCUT2D eigenvalue weighted by Crippen LogP contribution is 2.24. The van der Waals surface area contributed by atoms with Crippen LogP contribution in [0.4, 0.5) is 11.9 Å². The van der Waals surface area contributed by atoms with Crippen molar-refractivity contribution in [2.75, 3.05) is 23.8 Å². The molecule has 0 aliphatic carbocycles. The van der Waals surface area contributed by atoms with Crippen LogP contribution in [0.1, 0.15) is 5.56 Å². The Kier molecular flexibility index (Phi) is 3.08. The zero-order valence-corrected chi connectivity index (χ0v) is 10.8. The van der Waals surface area contributed by atoms with Crippen LogP contribution in [0.2, 0.25) is 5.28 Å². The number of hydrogen-bond acceptors (Lipinski definition) is 6. The van der Waals surface area contributed by atoms with Gasteiger partial charge >= 0.3 is 0 Å². The molecule has 0 radical (unpaired) electrons. The summed E-state index contributed by atoms with van der Waals surface area (Å²) in [4.78, 5) is 13.9. The molecule has 0 saturated carbocycles. The second-order valence-corrected chi connectivity index (χ2v) is 4.48. The zero-order valence-electron chi connectivity index (χ0n) is 10.1. The van der Waals surface area contributed by atoms with Crippen LogP contribution < -0.4 is 15.4 Å². The molecule has 1 aromatic carbocycles. The third kappa shape index (κ3) is 2.53. The summed E-state index contributed by atoms with van der Waals surface area (Å²) in [7, 11) is 0. The van der Waals surface area contributed by atoms with Crippen molar-refractivity contribution < 1.29 is 4.74 Å². The number of nitrogens with two attached hydrogens (primary N) is 1. The molecule has 0 unspecified atom stereocenters. The number of halogens is 1. The van der Waals surface area contributed by atoms with Crippen molar-refractivity contribution in [3.8, 4) is 5.75 Å². The quantitative estimate of drug-likeness (QED) is 0.851. The van der Waals surface area contributed by atoms with E-state index in [4.69, 9.17) is 22.1 Å². The molecule has 2 aromatic rings. The number of nitrogens with zero attached hydrogens (tertiary/aromatic N) is 4. The maximum absolute atomic E-state index is 5.81. The number of aromatic nitrogens is 3. The Morgan fingerprint density at radius 1 is 1.21 bits per heavy atom. The minimum absolute atomic E-state index is 0.0981. The van der Waals surface area contributed by atoms with Crippen LogP contribution in [-0.2, 0) is 6.54 Å². The Bertz CT molecular complexity index is 586. The summed E-state index contributed by atoms with van der Waals surface area (Å²) in [6.07, 6.45) is 0. The van der Waals surface area contributed by atoms with Crippen LogP contribution in [0.3, 0.4) is 0 Å². The molecule has 0 saturated heterocycles. The lowest BCUT2D eigenvalue weighted by molar-refractivity contribution is 0.331. The second kappa shape index (κ2) is 4.89. The molecule has 0 bridgehead atoms. The Labute approximate surface area is 115 Å². The summed E-state index contributed by atoms with van der Waals surface area (Å²) >= 11 is 5.81. The predicted octanol–water partition coefficient (Wildman–Crippen LogP) is 1.51. The fourth-order valence-electron chi connectivity index (χ4n) is 1.99. The van der Waals surface area contributed by atoms with E-state index >= 15 is 0 Å². The predicted molar refractivity (Wildman–Crippen MR) is 72.2 cm³/mol. The minimum Gasteiger partial charge on any atom is -0.491 e. The Balaban J connectivity index is 1.94. The number of hydrogen-bond donors (Lipinski definition) is 1. The molecule has 1 aliphatic heterocycles. The van der Waals surface area contributed by atoms with E-state index in [2.05, 4.69) is 15.0 Å². The van der Waals surface area contributed by atoms with Crippen molar-refractivity contribution in [3.63, 3.8) is 0 Å². The number of ether oxygens (including phenoxy) is 1. The van der Waals surface area contributed by atoms with Crippen LogP contribution in [0, 0.1) is 0 Å². The molecular formula is C12H12ClN5O. The van der Waals surface area contributed by atoms with Gasteiger partial charge in [-0.1, -0.05) is 18.2 Å². The number of anilines is 2. The van der Waals surface area contributed by atoms with E-state index in [1.807, 2.05) is 29.2 Å². The first-order chi connectivity index (χ1) is 9.22. The van der Waals surface area contributed by atoms with Gasteiger partial charge in [0.15, 0.2) is 0 Å². The van der Waals surface area contributed by atoms with Gasteiger partial charge in [0.25, 0.3) is 0 Å². The third-order valence-electron chi connectivity index (χ3n) is 2.85. The highest BCUT2D eigenvalue weighted by Gasteiger charge is 2.18. The van der Waals surface area contributed by atoms with E-state index in [0.717, 1.165) is 11.3 Å². The zero-order chi connectivity index (χ0) is 13.2. The molecule has 0 fully saturated rings. The fourth-order valence-corrected chi connectivity index (χ4v) is 2.15. The average Bonchev–Trinajstić information content (AvgIpc) is 2.59. The molecule has 3 rings (SSSR count). The van der Waals surface area contributed by atoms with E-state index in [1.165, 1.54) is 0 Å². The topological polar surface area (TPSA) is 77.2 Å². The summed E-state index contributed by atoms with van der Waals surface area (Å²) < 4.78 is 5.68. The van der Waals surface area contributed by atoms with Crippen LogP contribution in [0.15, 0.2) is 24.3 Å². The van der Waals surface area contributed by atoms with Gasteiger partial charge in [-0.15, -0.1) is 0 Å². The van der Waals surface area contributed by atoms with Crippen molar-refractivity contribution >= 4 is 23.5 Å². The van der Waals surface area contributed by atoms with Gasteiger partial charge < -0.3 is 15.4 Å². The third-order valence-corrected chi connectivity index (χ3v) is 3.02. The van der Waals surface area contributed by atoms with Gasteiger partial charge in [-0.2, -0.15) is 15.0 Å². The number of nitrogen functional groups attached to an aromatic ring is 1. The van der Waals surface area contributed by atoms with Crippen molar-refractivity contribution in [3.05, 3.63) is 35.1 Å². The second-order valence-electron chi connectivity index (χ2n) is 4.14. The van der Waals surface area contributed by atoms with Gasteiger partial charge in [0.05, 0.1) is 6.54 Å². The van der Waals surface area contributed by atoms with E-state index in [9.17, 15) is 0 Å². The molecule has 2 heterocycles. The minimum atomic E-state index is 0.0981. The highest BCUT2D eigenvalue weighted by molar-refractivity contribution is 6.28. The Morgan fingerprint density at radius 3 is 2.89 bits per heavy atom. The molecule has 2 N–H and O–H groups in total. The normalized spacial score (nSPS) is 14.5. The maximum atomic E-state index is 5.81. The fraction of sp³-hybridized carbons (Fsp3) is 0.250. The van der Waals surface area contributed by atoms with Gasteiger partial charge in [0, 0.05) is 12.1 Å². The van der Waals surface area contributed by atoms with E-state index < -0.39 is 0 Å². The van der Waals surface area contributed by atoms with E-state index in [0.29, 0.717) is 25.6 Å². The van der Waals surface area contributed by atoms with Gasteiger partial charge in [0.2, 0.25) is 17.2 Å². The van der Waals surface area contributed by atoms with Crippen LogP contribution in [0.25, 0.3) is 0 Å². The van der Waals surface area contributed by atoms with Gasteiger partial charge in [-0.05, 0) is 17.7 Å². The molecule has 6 nitrogen and oxygen atoms in total. The number of rotatable bonds is 1. The standard InChI is InChI=1S/C12H12ClN5O/c13-10-15-11(14)17-12(16-10)18-5-6-19-9-4-2-1-3-8(9)7-18/h1-4H,5-7H2,(H2,14,15,16,17). The van der Waals surface area contributed by atoms with Crippen LogP contribution in [-0.4, -0.2) is 28.1 Å².